The minimum atomic E-state index is -0.255. The molecule has 7 heteroatoms. The van der Waals surface area contributed by atoms with Crippen molar-refractivity contribution in [3.63, 3.8) is 0 Å². The normalized spacial score (nSPS) is 10.0. The molecule has 1 aromatic rings. The number of nitrogens with one attached hydrogen (secondary N) is 2. The molecule has 112 valence electrons. The van der Waals surface area contributed by atoms with Crippen LogP contribution in [0.2, 0.25) is 0 Å². The average molecular weight is 284 g/mol. The summed E-state index contributed by atoms with van der Waals surface area (Å²) >= 11 is 0. The molecule has 0 fully saturated rings. The quantitative estimate of drug-likeness (QED) is 0.445. The zero-order chi connectivity index (χ0) is 15.3. The van der Waals surface area contributed by atoms with Crippen molar-refractivity contribution in [2.75, 3.05) is 37.9 Å². The number of benzene rings is 1. The molecule has 0 bridgehead atoms. The Bertz CT molecular complexity index is 502. The minimum Gasteiger partial charge on any atom is -0.504 e. The minimum absolute atomic E-state index is 0.00124. The van der Waals surface area contributed by atoms with Gasteiger partial charge >= 0.3 is 0 Å². The van der Waals surface area contributed by atoms with Crippen LogP contribution in [-0.4, -0.2) is 43.3 Å². The third kappa shape index (κ3) is 2.98. The van der Waals surface area contributed by atoms with Crippen LogP contribution in [0, 0.1) is 0 Å². The third-order valence-corrected chi connectivity index (χ3v) is 2.63. The Morgan fingerprint density at radius 1 is 1.05 bits per heavy atom. The molecule has 0 aromatic heterocycles. The van der Waals surface area contributed by atoms with Gasteiger partial charge < -0.3 is 30.3 Å². The van der Waals surface area contributed by atoms with Gasteiger partial charge in [0.15, 0.2) is 17.2 Å². The lowest BCUT2D eigenvalue weighted by Crippen LogP contribution is -2.12. The number of Topliss-reactive ketones (excluding diaryl/α,β-unsaturated/α-hetero) is 1. The zero-order valence-corrected chi connectivity index (χ0v) is 12.0. The molecule has 0 spiro atoms. The fraction of sp³-hybridized carbons (Fsp3) is 0.462. The summed E-state index contributed by atoms with van der Waals surface area (Å²) in [6.07, 6.45) is 0. The molecule has 0 aliphatic rings. The number of anilines is 2. The first-order valence-corrected chi connectivity index (χ1v) is 6.14. The van der Waals surface area contributed by atoms with Gasteiger partial charge in [-0.25, -0.2) is 0 Å². The maximum Gasteiger partial charge on any atom is 0.205 e. The van der Waals surface area contributed by atoms with Crippen LogP contribution in [-0.2, 0) is 4.79 Å². The molecule has 0 radical (unpaired) electrons. The monoisotopic (exact) mass is 284 g/mol. The van der Waals surface area contributed by atoms with Crippen LogP contribution in [0.15, 0.2) is 0 Å². The molecular formula is C13H20N2O5. The first-order valence-electron chi connectivity index (χ1n) is 6.14. The SMILES string of the molecule is CCNc1c(O)c(NCC(C)=O)c(OC)c(O)c1OC. The second-order valence-corrected chi connectivity index (χ2v) is 4.10. The lowest BCUT2D eigenvalue weighted by molar-refractivity contribution is -0.115. The van der Waals surface area contributed by atoms with Crippen LogP contribution >= 0.6 is 0 Å². The molecule has 0 saturated heterocycles. The van der Waals surface area contributed by atoms with E-state index in [0.717, 1.165) is 0 Å². The Balaban J connectivity index is 3.43. The predicted molar refractivity (Wildman–Crippen MR) is 76.2 cm³/mol. The molecule has 1 aromatic carbocycles. The second-order valence-electron chi connectivity index (χ2n) is 4.10. The van der Waals surface area contributed by atoms with Crippen molar-refractivity contribution in [2.45, 2.75) is 13.8 Å². The molecular weight excluding hydrogens is 264 g/mol. The van der Waals surface area contributed by atoms with E-state index in [1.54, 1.807) is 0 Å². The maximum absolute atomic E-state index is 11.1. The molecule has 4 N–H and O–H groups in total. The van der Waals surface area contributed by atoms with Crippen LogP contribution in [0.4, 0.5) is 11.4 Å². The number of phenolic OH excluding ortho intramolecular Hbond substituents is 2. The molecule has 0 heterocycles. The summed E-state index contributed by atoms with van der Waals surface area (Å²) in [7, 11) is 2.72. The van der Waals surface area contributed by atoms with Crippen molar-refractivity contribution in [3.05, 3.63) is 0 Å². The van der Waals surface area contributed by atoms with E-state index in [4.69, 9.17) is 9.47 Å². The van der Waals surface area contributed by atoms with E-state index in [1.165, 1.54) is 21.1 Å². The number of carbonyl (C=O) groups excluding carboxylic acids is 1. The van der Waals surface area contributed by atoms with E-state index in [1.807, 2.05) is 6.92 Å². The Hall–Kier alpha value is -2.31. The lowest BCUT2D eigenvalue weighted by atomic mass is 10.1. The highest BCUT2D eigenvalue weighted by molar-refractivity contribution is 5.89. The second kappa shape index (κ2) is 6.74. The van der Waals surface area contributed by atoms with Crippen LogP contribution in [0.5, 0.6) is 23.0 Å². The lowest BCUT2D eigenvalue weighted by Gasteiger charge is -2.20. The molecule has 0 amide bonds. The molecule has 0 aliphatic carbocycles. The number of ketones is 1. The number of phenols is 2. The van der Waals surface area contributed by atoms with Gasteiger partial charge in [0.25, 0.3) is 0 Å². The summed E-state index contributed by atoms with van der Waals surface area (Å²) < 4.78 is 10.2. The Morgan fingerprint density at radius 3 is 1.95 bits per heavy atom. The topological polar surface area (TPSA) is 100 Å². The fourth-order valence-electron chi connectivity index (χ4n) is 1.80. The van der Waals surface area contributed by atoms with Gasteiger partial charge in [-0.15, -0.1) is 0 Å². The van der Waals surface area contributed by atoms with Crippen LogP contribution in [0.25, 0.3) is 0 Å². The van der Waals surface area contributed by atoms with Gasteiger partial charge in [0, 0.05) is 6.54 Å². The van der Waals surface area contributed by atoms with Crippen molar-refractivity contribution < 1.29 is 24.5 Å². The van der Waals surface area contributed by atoms with Crippen LogP contribution in [0.1, 0.15) is 13.8 Å². The fourth-order valence-corrected chi connectivity index (χ4v) is 1.80. The molecule has 0 aliphatic heterocycles. The van der Waals surface area contributed by atoms with Crippen molar-refractivity contribution in [3.8, 4) is 23.0 Å². The van der Waals surface area contributed by atoms with Gasteiger partial charge in [-0.3, -0.25) is 4.79 Å². The van der Waals surface area contributed by atoms with Crippen molar-refractivity contribution >= 4 is 17.2 Å². The van der Waals surface area contributed by atoms with Crippen molar-refractivity contribution in [1.82, 2.24) is 0 Å². The van der Waals surface area contributed by atoms with E-state index in [-0.39, 0.29) is 46.7 Å². The Labute approximate surface area is 117 Å². The molecule has 1 rings (SSSR count). The summed E-state index contributed by atoms with van der Waals surface area (Å²) in [5.41, 5.74) is 0.372. The van der Waals surface area contributed by atoms with Gasteiger partial charge in [-0.05, 0) is 13.8 Å². The number of hydrogen-bond acceptors (Lipinski definition) is 7. The van der Waals surface area contributed by atoms with Gasteiger partial charge in [0.05, 0.1) is 20.8 Å². The van der Waals surface area contributed by atoms with Gasteiger partial charge in [-0.1, -0.05) is 0 Å². The number of methoxy groups -OCH3 is 2. The zero-order valence-electron chi connectivity index (χ0n) is 12.0. The number of hydrogen-bond donors (Lipinski definition) is 4. The number of rotatable bonds is 7. The van der Waals surface area contributed by atoms with Crippen molar-refractivity contribution in [2.24, 2.45) is 0 Å². The number of carbonyl (C=O) groups is 1. The third-order valence-electron chi connectivity index (χ3n) is 2.63. The molecule has 0 saturated carbocycles. The predicted octanol–water partition coefficient (Wildman–Crippen LogP) is 1.55. The van der Waals surface area contributed by atoms with Gasteiger partial charge in [-0.2, -0.15) is 0 Å². The Kier molecular flexibility index (Phi) is 5.31. The smallest absolute Gasteiger partial charge is 0.205 e. The number of ether oxygens (including phenoxy) is 2. The highest BCUT2D eigenvalue weighted by atomic mass is 16.5. The van der Waals surface area contributed by atoms with E-state index in [9.17, 15) is 15.0 Å². The van der Waals surface area contributed by atoms with Crippen LogP contribution in [0.3, 0.4) is 0 Å². The van der Waals surface area contributed by atoms with E-state index < -0.39 is 0 Å². The molecule has 20 heavy (non-hydrogen) atoms. The summed E-state index contributed by atoms with van der Waals surface area (Å²) in [6, 6.07) is 0. The van der Waals surface area contributed by atoms with E-state index >= 15 is 0 Å². The Morgan fingerprint density at radius 2 is 1.55 bits per heavy atom. The molecule has 7 nitrogen and oxygen atoms in total. The average Bonchev–Trinajstić information content (AvgIpc) is 2.41. The van der Waals surface area contributed by atoms with Crippen molar-refractivity contribution in [1.29, 1.82) is 0 Å². The highest BCUT2D eigenvalue weighted by Crippen LogP contribution is 2.53. The van der Waals surface area contributed by atoms with E-state index in [2.05, 4.69) is 10.6 Å². The first kappa shape index (κ1) is 15.7. The summed E-state index contributed by atoms with van der Waals surface area (Å²) in [6.45, 7) is 3.76. The maximum atomic E-state index is 11.1. The largest absolute Gasteiger partial charge is 0.504 e. The standard InChI is InChI=1S/C13H20N2O5/c1-5-14-8-10(17)9(15-6-7(2)16)13(20-4)11(18)12(8)19-3/h14-15,17-18H,5-6H2,1-4H3. The van der Waals surface area contributed by atoms with Crippen LogP contribution < -0.4 is 20.1 Å². The summed E-state index contributed by atoms with van der Waals surface area (Å²) in [4.78, 5) is 11.1. The molecule has 0 unspecified atom stereocenters. The first-order chi connectivity index (χ1) is 9.47. The summed E-state index contributed by atoms with van der Waals surface area (Å²) in [5, 5.41) is 26.1. The highest BCUT2D eigenvalue weighted by Gasteiger charge is 2.25. The molecule has 0 atom stereocenters. The van der Waals surface area contributed by atoms with Gasteiger partial charge in [0.2, 0.25) is 5.75 Å². The van der Waals surface area contributed by atoms with E-state index in [0.29, 0.717) is 6.54 Å². The number of aromatic hydroxyl groups is 2. The van der Waals surface area contributed by atoms with Gasteiger partial charge in [0.1, 0.15) is 17.2 Å². The summed E-state index contributed by atoms with van der Waals surface area (Å²) in [5.74, 6) is -0.460.